The van der Waals surface area contributed by atoms with Crippen LogP contribution < -0.4 is 14.8 Å². The average molecular weight is 368 g/mol. The van der Waals surface area contributed by atoms with Gasteiger partial charge in [-0.1, -0.05) is 12.1 Å². The minimum atomic E-state index is -0.204. The topological polar surface area (TPSA) is 67.9 Å². The Morgan fingerprint density at radius 2 is 1.93 bits per heavy atom. The van der Waals surface area contributed by atoms with Crippen molar-refractivity contribution in [3.63, 3.8) is 0 Å². The molecule has 0 radical (unpaired) electrons. The number of carbonyl (C=O) groups is 2. The molecule has 142 valence electrons. The van der Waals surface area contributed by atoms with E-state index in [0.717, 1.165) is 18.5 Å². The highest BCUT2D eigenvalue weighted by molar-refractivity contribution is 6.04. The molecule has 1 heterocycles. The maximum atomic E-state index is 12.5. The van der Waals surface area contributed by atoms with Crippen molar-refractivity contribution < 1.29 is 19.1 Å². The first kappa shape index (κ1) is 18.8. The Morgan fingerprint density at radius 1 is 1.15 bits per heavy atom. The summed E-state index contributed by atoms with van der Waals surface area (Å²) in [5.74, 6) is 1.20. The van der Waals surface area contributed by atoms with E-state index in [0.29, 0.717) is 42.3 Å². The van der Waals surface area contributed by atoms with Crippen LogP contribution in [0.25, 0.3) is 0 Å². The van der Waals surface area contributed by atoms with Crippen molar-refractivity contribution in [3.8, 4) is 11.5 Å². The van der Waals surface area contributed by atoms with Crippen LogP contribution in [0, 0.1) is 0 Å². The summed E-state index contributed by atoms with van der Waals surface area (Å²) in [5, 5.41) is 2.86. The number of amides is 2. The van der Waals surface area contributed by atoms with Crippen LogP contribution in [0.2, 0.25) is 0 Å². The summed E-state index contributed by atoms with van der Waals surface area (Å²) < 4.78 is 10.8. The fraction of sp³-hybridized carbons (Fsp3) is 0.333. The number of benzene rings is 2. The van der Waals surface area contributed by atoms with E-state index in [4.69, 9.17) is 9.47 Å². The van der Waals surface area contributed by atoms with Crippen molar-refractivity contribution in [1.29, 1.82) is 0 Å². The Morgan fingerprint density at radius 3 is 2.56 bits per heavy atom. The zero-order valence-electron chi connectivity index (χ0n) is 15.7. The molecule has 2 aromatic rings. The Balaban J connectivity index is 1.64. The molecule has 2 amide bonds. The molecule has 0 spiro atoms. The molecule has 6 heteroatoms. The monoisotopic (exact) mass is 368 g/mol. The molecule has 3 rings (SSSR count). The summed E-state index contributed by atoms with van der Waals surface area (Å²) in [6.07, 6.45) is 1.55. The molecular weight excluding hydrogens is 344 g/mol. The number of ether oxygens (including phenoxy) is 2. The second-order valence-corrected chi connectivity index (χ2v) is 6.37. The number of nitrogens with zero attached hydrogens (tertiary/aromatic N) is 1. The molecule has 0 bridgehead atoms. The highest BCUT2D eigenvalue weighted by Crippen LogP contribution is 2.30. The van der Waals surface area contributed by atoms with Crippen LogP contribution in [-0.2, 0) is 11.3 Å². The smallest absolute Gasteiger partial charge is 0.255 e. The molecule has 2 aromatic carbocycles. The number of carbonyl (C=O) groups excluding carboxylic acids is 2. The van der Waals surface area contributed by atoms with Gasteiger partial charge in [-0.3, -0.25) is 9.59 Å². The molecule has 0 unspecified atom stereocenters. The van der Waals surface area contributed by atoms with E-state index >= 15 is 0 Å². The van der Waals surface area contributed by atoms with E-state index in [9.17, 15) is 9.59 Å². The SMILES string of the molecule is CCOc1ccc(NC(=O)c2ccc(CN3CCCC3=O)cc2)cc1OC. The third-order valence-corrected chi connectivity index (χ3v) is 4.48. The van der Waals surface area contributed by atoms with Crippen molar-refractivity contribution in [2.45, 2.75) is 26.3 Å². The van der Waals surface area contributed by atoms with Gasteiger partial charge in [0.25, 0.3) is 5.91 Å². The number of anilines is 1. The predicted octanol–water partition coefficient (Wildman–Crippen LogP) is 3.47. The number of hydrogen-bond acceptors (Lipinski definition) is 4. The number of methoxy groups -OCH3 is 1. The van der Waals surface area contributed by atoms with E-state index in [1.165, 1.54) is 0 Å². The molecule has 1 N–H and O–H groups in total. The Bertz CT molecular complexity index is 817. The third kappa shape index (κ3) is 4.58. The predicted molar refractivity (Wildman–Crippen MR) is 103 cm³/mol. The van der Waals surface area contributed by atoms with Gasteiger partial charge in [0, 0.05) is 36.8 Å². The molecule has 0 aromatic heterocycles. The van der Waals surface area contributed by atoms with Gasteiger partial charge in [-0.2, -0.15) is 0 Å². The lowest BCUT2D eigenvalue weighted by atomic mass is 10.1. The van der Waals surface area contributed by atoms with Gasteiger partial charge in [0.1, 0.15) is 0 Å². The largest absolute Gasteiger partial charge is 0.493 e. The van der Waals surface area contributed by atoms with Crippen LogP contribution >= 0.6 is 0 Å². The van der Waals surface area contributed by atoms with Gasteiger partial charge >= 0.3 is 0 Å². The van der Waals surface area contributed by atoms with Gasteiger partial charge in [0.15, 0.2) is 11.5 Å². The third-order valence-electron chi connectivity index (χ3n) is 4.48. The van der Waals surface area contributed by atoms with Crippen molar-refractivity contribution >= 4 is 17.5 Å². The van der Waals surface area contributed by atoms with Crippen LogP contribution in [0.3, 0.4) is 0 Å². The second kappa shape index (κ2) is 8.58. The van der Waals surface area contributed by atoms with Crippen molar-refractivity contribution in [2.24, 2.45) is 0 Å². The quantitative estimate of drug-likeness (QED) is 0.813. The molecule has 0 aliphatic carbocycles. The fourth-order valence-corrected chi connectivity index (χ4v) is 3.08. The van der Waals surface area contributed by atoms with Crippen molar-refractivity contribution in [1.82, 2.24) is 4.90 Å². The highest BCUT2D eigenvalue weighted by atomic mass is 16.5. The van der Waals surface area contributed by atoms with Crippen LogP contribution in [-0.4, -0.2) is 37.0 Å². The number of likely N-dealkylation sites (tertiary alicyclic amines) is 1. The summed E-state index contributed by atoms with van der Waals surface area (Å²) in [4.78, 5) is 26.0. The zero-order chi connectivity index (χ0) is 19.2. The Kier molecular flexibility index (Phi) is 5.96. The summed E-state index contributed by atoms with van der Waals surface area (Å²) in [5.41, 5.74) is 2.20. The Hall–Kier alpha value is -3.02. The van der Waals surface area contributed by atoms with Gasteiger partial charge in [-0.15, -0.1) is 0 Å². The van der Waals surface area contributed by atoms with Crippen molar-refractivity contribution in [2.75, 3.05) is 25.6 Å². The van der Waals surface area contributed by atoms with Crippen LogP contribution in [0.1, 0.15) is 35.7 Å². The van der Waals surface area contributed by atoms with E-state index in [2.05, 4.69) is 5.32 Å². The lowest BCUT2D eigenvalue weighted by Crippen LogP contribution is -2.23. The van der Waals surface area contributed by atoms with Gasteiger partial charge < -0.3 is 19.7 Å². The maximum Gasteiger partial charge on any atom is 0.255 e. The van der Waals surface area contributed by atoms with Crippen LogP contribution in [0.15, 0.2) is 42.5 Å². The van der Waals surface area contributed by atoms with Crippen LogP contribution in [0.4, 0.5) is 5.69 Å². The molecule has 27 heavy (non-hydrogen) atoms. The molecule has 0 saturated carbocycles. The standard InChI is InChI=1S/C21H24N2O4/c1-3-27-18-11-10-17(13-19(18)26-2)22-21(25)16-8-6-15(7-9-16)14-23-12-4-5-20(23)24/h6-11,13H,3-5,12,14H2,1-2H3,(H,22,25). The first-order valence-electron chi connectivity index (χ1n) is 9.09. The van der Waals surface area contributed by atoms with E-state index < -0.39 is 0 Å². The Labute approximate surface area is 159 Å². The molecule has 6 nitrogen and oxygen atoms in total. The number of nitrogens with one attached hydrogen (secondary N) is 1. The van der Waals surface area contributed by atoms with Crippen LogP contribution in [0.5, 0.6) is 11.5 Å². The number of rotatable bonds is 7. The lowest BCUT2D eigenvalue weighted by molar-refractivity contribution is -0.128. The molecule has 1 fully saturated rings. The van der Waals surface area contributed by atoms with Crippen molar-refractivity contribution in [3.05, 3.63) is 53.6 Å². The van der Waals surface area contributed by atoms with E-state index in [1.807, 2.05) is 24.0 Å². The van der Waals surface area contributed by atoms with Gasteiger partial charge in [-0.05, 0) is 43.2 Å². The summed E-state index contributed by atoms with van der Waals surface area (Å²) >= 11 is 0. The lowest BCUT2D eigenvalue weighted by Gasteiger charge is -2.15. The summed E-state index contributed by atoms with van der Waals surface area (Å²) in [7, 11) is 1.56. The van der Waals surface area contributed by atoms with Gasteiger partial charge in [0.05, 0.1) is 13.7 Å². The maximum absolute atomic E-state index is 12.5. The fourth-order valence-electron chi connectivity index (χ4n) is 3.08. The average Bonchev–Trinajstić information content (AvgIpc) is 3.08. The first-order chi connectivity index (χ1) is 13.1. The van der Waals surface area contributed by atoms with Gasteiger partial charge in [-0.25, -0.2) is 0 Å². The minimum Gasteiger partial charge on any atom is -0.493 e. The normalized spacial score (nSPS) is 13.6. The zero-order valence-corrected chi connectivity index (χ0v) is 15.7. The minimum absolute atomic E-state index is 0.196. The second-order valence-electron chi connectivity index (χ2n) is 6.37. The van der Waals surface area contributed by atoms with E-state index in [-0.39, 0.29) is 11.8 Å². The molecule has 0 atom stereocenters. The molecule has 1 aliphatic heterocycles. The summed E-state index contributed by atoms with van der Waals surface area (Å²) in [6.45, 7) is 3.84. The number of hydrogen-bond donors (Lipinski definition) is 1. The first-order valence-corrected chi connectivity index (χ1v) is 9.09. The molecular formula is C21H24N2O4. The molecule has 1 saturated heterocycles. The highest BCUT2D eigenvalue weighted by Gasteiger charge is 2.20. The molecule has 1 aliphatic rings. The van der Waals surface area contributed by atoms with Gasteiger partial charge in [0.2, 0.25) is 5.91 Å². The van der Waals surface area contributed by atoms with E-state index in [1.54, 1.807) is 37.4 Å². The summed E-state index contributed by atoms with van der Waals surface area (Å²) in [6, 6.07) is 12.6.